The van der Waals surface area contributed by atoms with Crippen LogP contribution in [0.4, 0.5) is 4.39 Å². The minimum absolute atomic E-state index is 0.111. The normalized spacial score (nSPS) is 10.7. The Balaban J connectivity index is 1.73. The zero-order chi connectivity index (χ0) is 20.1. The van der Waals surface area contributed by atoms with Crippen molar-refractivity contribution in [2.24, 2.45) is 0 Å². The van der Waals surface area contributed by atoms with Crippen LogP contribution in [0.25, 0.3) is 10.9 Å². The summed E-state index contributed by atoms with van der Waals surface area (Å²) < 4.78 is 29.3. The minimum Gasteiger partial charge on any atom is -0.493 e. The summed E-state index contributed by atoms with van der Waals surface area (Å²) in [5.74, 6) is 1.17. The number of carbonyl (C=O) groups excluding carboxylic acids is 1. The van der Waals surface area contributed by atoms with E-state index in [2.05, 4.69) is 10.3 Å². The molecular weight excluding hydrogens is 363 g/mol. The highest BCUT2D eigenvalue weighted by atomic mass is 19.1. The SMILES string of the molecule is COc1cc2[nH]cc(CC(=O)NCCc3ccc(F)cc3)c2c(OC)c1OC. The second-order valence-electron chi connectivity index (χ2n) is 6.28. The van der Waals surface area contributed by atoms with Gasteiger partial charge in [0, 0.05) is 24.2 Å². The van der Waals surface area contributed by atoms with Gasteiger partial charge in [-0.25, -0.2) is 4.39 Å². The van der Waals surface area contributed by atoms with Crippen LogP contribution in [0.1, 0.15) is 11.1 Å². The quantitative estimate of drug-likeness (QED) is 0.623. The van der Waals surface area contributed by atoms with Gasteiger partial charge < -0.3 is 24.5 Å². The summed E-state index contributed by atoms with van der Waals surface area (Å²) in [6, 6.07) is 8.07. The van der Waals surface area contributed by atoms with E-state index in [1.807, 2.05) is 6.07 Å². The number of rotatable bonds is 8. The lowest BCUT2D eigenvalue weighted by molar-refractivity contribution is -0.120. The van der Waals surface area contributed by atoms with E-state index < -0.39 is 0 Å². The summed E-state index contributed by atoms with van der Waals surface area (Å²) in [7, 11) is 4.65. The predicted octanol–water partition coefficient (Wildman–Crippen LogP) is 3.23. The summed E-state index contributed by atoms with van der Waals surface area (Å²) in [5, 5.41) is 3.68. The molecule has 1 amide bonds. The van der Waals surface area contributed by atoms with Crippen molar-refractivity contribution >= 4 is 16.8 Å². The smallest absolute Gasteiger partial charge is 0.224 e. The topological polar surface area (TPSA) is 72.6 Å². The third kappa shape index (κ3) is 4.03. The Morgan fingerprint density at radius 3 is 2.43 bits per heavy atom. The van der Waals surface area contributed by atoms with Crippen LogP contribution in [0, 0.1) is 5.82 Å². The van der Waals surface area contributed by atoms with Gasteiger partial charge in [-0.3, -0.25) is 4.79 Å². The summed E-state index contributed by atoms with van der Waals surface area (Å²) in [4.78, 5) is 15.5. The summed E-state index contributed by atoms with van der Waals surface area (Å²) >= 11 is 0. The van der Waals surface area contributed by atoms with Crippen LogP contribution in [0.2, 0.25) is 0 Å². The Kier molecular flexibility index (Phi) is 6.03. The van der Waals surface area contributed by atoms with Crippen molar-refractivity contribution in [3.63, 3.8) is 0 Å². The number of hydrogen-bond donors (Lipinski definition) is 2. The highest BCUT2D eigenvalue weighted by molar-refractivity contribution is 5.96. The van der Waals surface area contributed by atoms with E-state index in [4.69, 9.17) is 14.2 Å². The van der Waals surface area contributed by atoms with E-state index in [-0.39, 0.29) is 18.1 Å². The average molecular weight is 386 g/mol. The molecule has 0 bridgehead atoms. The molecule has 3 rings (SSSR count). The monoisotopic (exact) mass is 386 g/mol. The van der Waals surface area contributed by atoms with Gasteiger partial charge in [0.2, 0.25) is 11.7 Å². The maximum Gasteiger partial charge on any atom is 0.224 e. The van der Waals surface area contributed by atoms with Gasteiger partial charge in [0.05, 0.1) is 33.3 Å². The Labute approximate surface area is 162 Å². The molecule has 1 heterocycles. The third-order valence-corrected chi connectivity index (χ3v) is 4.55. The van der Waals surface area contributed by atoms with Crippen molar-refractivity contribution in [1.82, 2.24) is 10.3 Å². The first-order chi connectivity index (χ1) is 13.6. The standard InChI is InChI=1S/C21H23FN2O4/c1-26-17-11-16-19(21(28-3)20(17)27-2)14(12-24-16)10-18(25)23-9-8-13-4-6-15(22)7-5-13/h4-7,11-12,24H,8-10H2,1-3H3,(H,23,25). The molecule has 1 aromatic heterocycles. The molecule has 0 aliphatic rings. The van der Waals surface area contributed by atoms with E-state index in [0.29, 0.717) is 30.2 Å². The molecule has 0 spiro atoms. The van der Waals surface area contributed by atoms with Crippen LogP contribution < -0.4 is 19.5 Å². The number of H-pyrrole nitrogens is 1. The Hall–Kier alpha value is -3.22. The van der Waals surface area contributed by atoms with Crippen LogP contribution in [-0.2, 0) is 17.6 Å². The third-order valence-electron chi connectivity index (χ3n) is 4.55. The van der Waals surface area contributed by atoms with Crippen LogP contribution in [0.3, 0.4) is 0 Å². The van der Waals surface area contributed by atoms with Gasteiger partial charge >= 0.3 is 0 Å². The summed E-state index contributed by atoms with van der Waals surface area (Å²) in [6.45, 7) is 0.473. The molecule has 148 valence electrons. The van der Waals surface area contributed by atoms with Gasteiger partial charge in [0.15, 0.2) is 11.5 Å². The lowest BCUT2D eigenvalue weighted by atomic mass is 10.1. The van der Waals surface area contributed by atoms with Crippen LogP contribution in [-0.4, -0.2) is 38.8 Å². The molecule has 0 saturated carbocycles. The van der Waals surface area contributed by atoms with Crippen molar-refractivity contribution in [2.75, 3.05) is 27.9 Å². The van der Waals surface area contributed by atoms with E-state index in [1.165, 1.54) is 12.1 Å². The van der Waals surface area contributed by atoms with Crippen molar-refractivity contribution in [2.45, 2.75) is 12.8 Å². The average Bonchev–Trinajstić information content (AvgIpc) is 3.10. The Morgan fingerprint density at radius 1 is 1.07 bits per heavy atom. The largest absolute Gasteiger partial charge is 0.493 e. The number of ether oxygens (including phenoxy) is 3. The zero-order valence-corrected chi connectivity index (χ0v) is 16.1. The molecule has 0 radical (unpaired) electrons. The number of fused-ring (bicyclic) bond motifs is 1. The molecule has 0 aliphatic heterocycles. The molecule has 2 N–H and O–H groups in total. The second kappa shape index (κ2) is 8.65. The summed E-state index contributed by atoms with van der Waals surface area (Å²) in [6.07, 6.45) is 2.61. The van der Waals surface area contributed by atoms with E-state index in [0.717, 1.165) is 22.0 Å². The Bertz CT molecular complexity index is 967. The maximum absolute atomic E-state index is 12.9. The molecule has 2 aromatic carbocycles. The minimum atomic E-state index is -0.270. The van der Waals surface area contributed by atoms with Gasteiger partial charge in [-0.1, -0.05) is 12.1 Å². The van der Waals surface area contributed by atoms with Gasteiger partial charge in [-0.2, -0.15) is 0 Å². The van der Waals surface area contributed by atoms with Crippen LogP contribution in [0.5, 0.6) is 17.2 Å². The molecule has 6 nitrogen and oxygen atoms in total. The number of nitrogens with one attached hydrogen (secondary N) is 2. The molecule has 0 saturated heterocycles. The first-order valence-electron chi connectivity index (χ1n) is 8.87. The van der Waals surface area contributed by atoms with E-state index >= 15 is 0 Å². The number of halogens is 1. The van der Waals surface area contributed by atoms with Gasteiger partial charge in [0.1, 0.15) is 5.82 Å². The zero-order valence-electron chi connectivity index (χ0n) is 16.1. The molecule has 0 atom stereocenters. The predicted molar refractivity (Wildman–Crippen MR) is 105 cm³/mol. The number of carbonyl (C=O) groups is 1. The number of aromatic nitrogens is 1. The molecule has 0 aliphatic carbocycles. The number of benzene rings is 2. The first kappa shape index (κ1) is 19.5. The number of methoxy groups -OCH3 is 3. The van der Waals surface area contributed by atoms with E-state index in [9.17, 15) is 9.18 Å². The maximum atomic E-state index is 12.9. The fourth-order valence-corrected chi connectivity index (χ4v) is 3.20. The van der Waals surface area contributed by atoms with Crippen molar-refractivity contribution < 1.29 is 23.4 Å². The van der Waals surface area contributed by atoms with Crippen LogP contribution >= 0.6 is 0 Å². The number of hydrogen-bond acceptors (Lipinski definition) is 4. The second-order valence-corrected chi connectivity index (χ2v) is 6.28. The fraction of sp³-hybridized carbons (Fsp3) is 0.286. The first-order valence-corrected chi connectivity index (χ1v) is 8.87. The lowest BCUT2D eigenvalue weighted by Gasteiger charge is -2.14. The van der Waals surface area contributed by atoms with Gasteiger partial charge in [0.25, 0.3) is 0 Å². The molecule has 7 heteroatoms. The van der Waals surface area contributed by atoms with E-state index in [1.54, 1.807) is 39.7 Å². The number of aromatic amines is 1. The summed E-state index contributed by atoms with van der Waals surface area (Å²) in [5.41, 5.74) is 2.56. The molecule has 3 aromatic rings. The highest BCUT2D eigenvalue weighted by Crippen LogP contribution is 2.44. The van der Waals surface area contributed by atoms with Crippen LogP contribution in [0.15, 0.2) is 36.5 Å². The Morgan fingerprint density at radius 2 is 1.79 bits per heavy atom. The molecular formula is C21H23FN2O4. The van der Waals surface area contributed by atoms with Gasteiger partial charge in [-0.05, 0) is 29.7 Å². The van der Waals surface area contributed by atoms with Crippen molar-refractivity contribution in [3.05, 3.63) is 53.5 Å². The van der Waals surface area contributed by atoms with Gasteiger partial charge in [-0.15, -0.1) is 0 Å². The molecule has 0 unspecified atom stereocenters. The molecule has 0 fully saturated rings. The van der Waals surface area contributed by atoms with Crippen molar-refractivity contribution in [3.8, 4) is 17.2 Å². The fourth-order valence-electron chi connectivity index (χ4n) is 3.20. The van der Waals surface area contributed by atoms with Crippen molar-refractivity contribution in [1.29, 1.82) is 0 Å². The molecule has 28 heavy (non-hydrogen) atoms. The lowest BCUT2D eigenvalue weighted by Crippen LogP contribution is -2.27. The highest BCUT2D eigenvalue weighted by Gasteiger charge is 2.20. The number of amides is 1.